The molecule has 0 spiro atoms. The number of piperazine rings is 1. The first-order chi connectivity index (χ1) is 11.5. The summed E-state index contributed by atoms with van der Waals surface area (Å²) in [5.74, 6) is 0. The van der Waals surface area contributed by atoms with E-state index in [-0.39, 0.29) is 12.1 Å². The Kier molecular flexibility index (Phi) is 5.51. The van der Waals surface area contributed by atoms with Gasteiger partial charge >= 0.3 is 6.03 Å². The molecule has 6 heteroatoms. The van der Waals surface area contributed by atoms with Crippen LogP contribution in [0.2, 0.25) is 5.02 Å². The van der Waals surface area contributed by atoms with Crippen molar-refractivity contribution in [1.82, 2.24) is 10.2 Å². The fourth-order valence-electron chi connectivity index (χ4n) is 3.56. The van der Waals surface area contributed by atoms with Gasteiger partial charge in [-0.2, -0.15) is 0 Å². The number of rotatable bonds is 3. The van der Waals surface area contributed by atoms with Gasteiger partial charge in [0.2, 0.25) is 0 Å². The molecule has 2 amide bonds. The number of urea groups is 1. The van der Waals surface area contributed by atoms with E-state index in [4.69, 9.17) is 16.3 Å². The number of ether oxygens (including phenoxy) is 1. The van der Waals surface area contributed by atoms with E-state index in [1.165, 1.54) is 11.1 Å². The van der Waals surface area contributed by atoms with Crippen LogP contribution in [-0.2, 0) is 4.74 Å². The molecule has 1 aromatic rings. The topological polar surface area (TPSA) is 44.8 Å². The lowest BCUT2D eigenvalue weighted by atomic mass is 10.1. The molecule has 1 atom stereocenters. The summed E-state index contributed by atoms with van der Waals surface area (Å²) in [5.41, 5.74) is 3.46. The number of carbonyl (C=O) groups is 1. The van der Waals surface area contributed by atoms with Gasteiger partial charge in [0, 0.05) is 39.3 Å². The predicted molar refractivity (Wildman–Crippen MR) is 97.1 cm³/mol. The van der Waals surface area contributed by atoms with Crippen LogP contribution in [0.4, 0.5) is 10.5 Å². The van der Waals surface area contributed by atoms with Crippen molar-refractivity contribution in [2.75, 3.05) is 44.2 Å². The number of amides is 2. The van der Waals surface area contributed by atoms with Crippen LogP contribution in [0.1, 0.15) is 24.0 Å². The van der Waals surface area contributed by atoms with Crippen molar-refractivity contribution in [2.24, 2.45) is 0 Å². The van der Waals surface area contributed by atoms with E-state index in [1.54, 1.807) is 0 Å². The second kappa shape index (κ2) is 7.62. The zero-order valence-corrected chi connectivity index (χ0v) is 15.2. The molecule has 2 fully saturated rings. The fraction of sp³-hybridized carbons (Fsp3) is 0.611. The summed E-state index contributed by atoms with van der Waals surface area (Å²) in [5, 5.41) is 3.79. The highest BCUT2D eigenvalue weighted by Crippen LogP contribution is 2.31. The first-order valence-electron chi connectivity index (χ1n) is 8.70. The van der Waals surface area contributed by atoms with E-state index in [2.05, 4.69) is 30.1 Å². The van der Waals surface area contributed by atoms with Crippen molar-refractivity contribution in [3.05, 3.63) is 28.3 Å². The fourth-order valence-corrected chi connectivity index (χ4v) is 4.00. The lowest BCUT2D eigenvalue weighted by Crippen LogP contribution is -2.52. The smallest absolute Gasteiger partial charge is 0.317 e. The molecule has 2 heterocycles. The average molecular weight is 352 g/mol. The lowest BCUT2D eigenvalue weighted by molar-refractivity contribution is 0.108. The van der Waals surface area contributed by atoms with Crippen LogP contribution in [-0.4, -0.2) is 56.4 Å². The highest BCUT2D eigenvalue weighted by Gasteiger charge is 2.24. The Hall–Kier alpha value is -1.46. The number of anilines is 1. The zero-order valence-electron chi connectivity index (χ0n) is 14.5. The summed E-state index contributed by atoms with van der Waals surface area (Å²) in [6.45, 7) is 8.60. The Morgan fingerprint density at radius 1 is 1.29 bits per heavy atom. The van der Waals surface area contributed by atoms with E-state index < -0.39 is 0 Å². The standard InChI is InChI=1S/C18H26ClN3O2/c1-13-10-14(2)17(16(19)11-13)21-5-7-22(8-6-21)18(23)20-12-15-4-3-9-24-15/h10-11,15H,3-9,12H2,1-2H3,(H,20,23). The molecular weight excluding hydrogens is 326 g/mol. The maximum atomic E-state index is 12.3. The lowest BCUT2D eigenvalue weighted by Gasteiger charge is -2.37. The van der Waals surface area contributed by atoms with Crippen LogP contribution in [0.25, 0.3) is 0 Å². The average Bonchev–Trinajstić information content (AvgIpc) is 3.06. The third-order valence-corrected chi connectivity index (χ3v) is 5.07. The van der Waals surface area contributed by atoms with Crippen molar-refractivity contribution in [1.29, 1.82) is 0 Å². The van der Waals surface area contributed by atoms with Gasteiger partial charge in [-0.1, -0.05) is 17.7 Å². The van der Waals surface area contributed by atoms with Gasteiger partial charge in [-0.15, -0.1) is 0 Å². The molecule has 5 nitrogen and oxygen atoms in total. The minimum Gasteiger partial charge on any atom is -0.376 e. The Balaban J connectivity index is 1.53. The molecule has 0 bridgehead atoms. The zero-order chi connectivity index (χ0) is 17.1. The van der Waals surface area contributed by atoms with Gasteiger partial charge < -0.3 is 19.9 Å². The van der Waals surface area contributed by atoms with Gasteiger partial charge in [-0.3, -0.25) is 0 Å². The van der Waals surface area contributed by atoms with Gasteiger partial charge in [0.05, 0.1) is 16.8 Å². The van der Waals surface area contributed by atoms with E-state index in [1.807, 2.05) is 11.0 Å². The van der Waals surface area contributed by atoms with Crippen molar-refractivity contribution in [3.8, 4) is 0 Å². The minimum atomic E-state index is 0.0110. The summed E-state index contributed by atoms with van der Waals surface area (Å²) in [7, 11) is 0. The summed E-state index contributed by atoms with van der Waals surface area (Å²) < 4.78 is 5.55. The Labute approximate surface area is 148 Å². The molecule has 24 heavy (non-hydrogen) atoms. The number of hydrogen-bond acceptors (Lipinski definition) is 3. The maximum absolute atomic E-state index is 12.3. The van der Waals surface area contributed by atoms with Gasteiger partial charge in [0.1, 0.15) is 0 Å². The molecule has 0 radical (unpaired) electrons. The van der Waals surface area contributed by atoms with Crippen molar-refractivity contribution >= 4 is 23.3 Å². The molecule has 1 unspecified atom stereocenters. The minimum absolute atomic E-state index is 0.0110. The first kappa shape index (κ1) is 17.4. The molecule has 132 valence electrons. The molecule has 0 aliphatic carbocycles. The van der Waals surface area contributed by atoms with E-state index in [0.29, 0.717) is 19.6 Å². The predicted octanol–water partition coefficient (Wildman–Crippen LogP) is 2.97. The van der Waals surface area contributed by atoms with Gasteiger partial charge in [0.15, 0.2) is 0 Å². The van der Waals surface area contributed by atoms with Crippen LogP contribution < -0.4 is 10.2 Å². The molecule has 1 aromatic carbocycles. The Morgan fingerprint density at radius 2 is 2.04 bits per heavy atom. The van der Waals surface area contributed by atoms with Gasteiger partial charge in [-0.25, -0.2) is 4.79 Å². The van der Waals surface area contributed by atoms with Gasteiger partial charge in [0.25, 0.3) is 0 Å². The third kappa shape index (κ3) is 3.95. The number of halogens is 1. The molecule has 2 aliphatic heterocycles. The number of nitrogens with zero attached hydrogens (tertiary/aromatic N) is 2. The van der Waals surface area contributed by atoms with Crippen molar-refractivity contribution < 1.29 is 9.53 Å². The largest absolute Gasteiger partial charge is 0.376 e. The second-order valence-corrected chi connectivity index (χ2v) is 7.11. The molecule has 1 N–H and O–H groups in total. The van der Waals surface area contributed by atoms with Crippen LogP contribution in [0.5, 0.6) is 0 Å². The molecule has 3 rings (SSSR count). The highest BCUT2D eigenvalue weighted by molar-refractivity contribution is 6.33. The van der Waals surface area contributed by atoms with Crippen LogP contribution >= 0.6 is 11.6 Å². The van der Waals surface area contributed by atoms with Crippen LogP contribution in [0, 0.1) is 13.8 Å². The summed E-state index contributed by atoms with van der Waals surface area (Å²) in [6.07, 6.45) is 2.32. The third-order valence-electron chi connectivity index (χ3n) is 4.79. The number of nitrogens with one attached hydrogen (secondary N) is 1. The van der Waals surface area contributed by atoms with E-state index in [0.717, 1.165) is 43.2 Å². The highest BCUT2D eigenvalue weighted by atomic mass is 35.5. The molecule has 0 saturated carbocycles. The van der Waals surface area contributed by atoms with Crippen molar-refractivity contribution in [3.63, 3.8) is 0 Å². The quantitative estimate of drug-likeness (QED) is 0.910. The number of carbonyl (C=O) groups excluding carboxylic acids is 1. The van der Waals surface area contributed by atoms with E-state index in [9.17, 15) is 4.79 Å². The number of benzene rings is 1. The first-order valence-corrected chi connectivity index (χ1v) is 9.08. The summed E-state index contributed by atoms with van der Waals surface area (Å²) in [4.78, 5) is 16.4. The number of hydrogen-bond donors (Lipinski definition) is 1. The SMILES string of the molecule is Cc1cc(C)c(N2CCN(C(=O)NCC3CCCO3)CC2)c(Cl)c1. The molecule has 2 aliphatic rings. The molecular formula is C18H26ClN3O2. The summed E-state index contributed by atoms with van der Waals surface area (Å²) in [6, 6.07) is 4.17. The number of aryl methyl sites for hydroxylation is 2. The second-order valence-electron chi connectivity index (χ2n) is 6.71. The van der Waals surface area contributed by atoms with E-state index >= 15 is 0 Å². The van der Waals surface area contributed by atoms with Crippen LogP contribution in [0.15, 0.2) is 12.1 Å². The van der Waals surface area contributed by atoms with Crippen molar-refractivity contribution in [2.45, 2.75) is 32.8 Å². The molecule has 0 aromatic heterocycles. The molecule has 2 saturated heterocycles. The van der Waals surface area contributed by atoms with Crippen LogP contribution in [0.3, 0.4) is 0 Å². The Morgan fingerprint density at radius 3 is 2.67 bits per heavy atom. The monoisotopic (exact) mass is 351 g/mol. The normalized spacial score (nSPS) is 21.2. The Bertz CT molecular complexity index is 571. The summed E-state index contributed by atoms with van der Waals surface area (Å²) >= 11 is 6.44. The maximum Gasteiger partial charge on any atom is 0.317 e. The van der Waals surface area contributed by atoms with Gasteiger partial charge in [-0.05, 0) is 43.9 Å².